The van der Waals surface area contributed by atoms with Crippen LogP contribution in [0.25, 0.3) is 0 Å². The first-order valence-electron chi connectivity index (χ1n) is 4.60. The van der Waals surface area contributed by atoms with Crippen molar-refractivity contribution in [3.63, 3.8) is 0 Å². The Morgan fingerprint density at radius 2 is 2.31 bits per heavy atom. The molecule has 0 amide bonds. The van der Waals surface area contributed by atoms with Gasteiger partial charge in [-0.2, -0.15) is 4.31 Å². The van der Waals surface area contributed by atoms with Crippen LogP contribution >= 0.6 is 0 Å². The fourth-order valence-electron chi connectivity index (χ4n) is 1.29. The highest BCUT2D eigenvalue weighted by atomic mass is 32.2. The predicted molar refractivity (Wildman–Crippen MR) is 55.3 cm³/mol. The number of aromatic amines is 1. The molecule has 1 aromatic rings. The van der Waals surface area contributed by atoms with E-state index >= 15 is 0 Å². The monoisotopic (exact) mass is 247 g/mol. The molecule has 0 fully saturated rings. The number of hydrogen-bond acceptors (Lipinski definition) is 4. The molecule has 1 rings (SSSR count). The van der Waals surface area contributed by atoms with Gasteiger partial charge < -0.3 is 10.1 Å². The number of hydrogen-bond donors (Lipinski definition) is 2. The van der Waals surface area contributed by atoms with Crippen LogP contribution in [0.15, 0.2) is 17.6 Å². The zero-order valence-electron chi connectivity index (χ0n) is 8.91. The average Bonchev–Trinajstić information content (AvgIpc) is 2.71. The lowest BCUT2D eigenvalue weighted by Gasteiger charge is -2.21. The fourth-order valence-corrected chi connectivity index (χ4v) is 2.57. The molecule has 0 radical (unpaired) electrons. The van der Waals surface area contributed by atoms with Gasteiger partial charge in [-0.05, 0) is 6.42 Å². The normalized spacial score (nSPS) is 13.9. The number of sulfonamides is 1. The lowest BCUT2D eigenvalue weighted by atomic mass is 10.2. The van der Waals surface area contributed by atoms with Crippen molar-refractivity contribution in [2.75, 3.05) is 7.05 Å². The average molecular weight is 247 g/mol. The minimum absolute atomic E-state index is 0.116. The molecule has 16 heavy (non-hydrogen) atoms. The van der Waals surface area contributed by atoms with Crippen LogP contribution in [-0.2, 0) is 14.8 Å². The molecule has 8 heteroatoms. The van der Waals surface area contributed by atoms with Crippen molar-refractivity contribution in [2.24, 2.45) is 0 Å². The lowest BCUT2D eigenvalue weighted by Crippen LogP contribution is -2.41. The third kappa shape index (κ3) is 2.22. The van der Waals surface area contributed by atoms with E-state index < -0.39 is 22.0 Å². The van der Waals surface area contributed by atoms with Gasteiger partial charge in [0.05, 0.1) is 12.5 Å². The highest BCUT2D eigenvalue weighted by Crippen LogP contribution is 2.15. The molecule has 0 spiro atoms. The summed E-state index contributed by atoms with van der Waals surface area (Å²) in [5.74, 6) is -1.17. The SMILES string of the molecule is CCC(C(=O)O)N(C)S(=O)(=O)c1cnc[nH]1. The number of nitrogens with one attached hydrogen (secondary N) is 1. The van der Waals surface area contributed by atoms with Gasteiger partial charge in [0.25, 0.3) is 10.0 Å². The molecule has 2 N–H and O–H groups in total. The molecule has 0 saturated heterocycles. The summed E-state index contributed by atoms with van der Waals surface area (Å²) >= 11 is 0. The first-order valence-corrected chi connectivity index (χ1v) is 6.04. The minimum atomic E-state index is -3.82. The molecule has 0 aromatic carbocycles. The van der Waals surface area contributed by atoms with Gasteiger partial charge in [0.1, 0.15) is 6.04 Å². The maximum Gasteiger partial charge on any atom is 0.321 e. The van der Waals surface area contributed by atoms with Crippen molar-refractivity contribution in [3.8, 4) is 0 Å². The van der Waals surface area contributed by atoms with E-state index in [0.717, 1.165) is 10.5 Å². The van der Waals surface area contributed by atoms with E-state index in [-0.39, 0.29) is 11.4 Å². The Balaban J connectivity index is 3.05. The first-order chi connectivity index (χ1) is 7.41. The Kier molecular flexibility index (Phi) is 3.66. The molecule has 1 unspecified atom stereocenters. The van der Waals surface area contributed by atoms with Crippen molar-refractivity contribution in [3.05, 3.63) is 12.5 Å². The molecule has 90 valence electrons. The number of aromatic nitrogens is 2. The summed E-state index contributed by atoms with van der Waals surface area (Å²) < 4.78 is 24.6. The zero-order chi connectivity index (χ0) is 12.3. The van der Waals surface area contributed by atoms with E-state index in [1.54, 1.807) is 6.92 Å². The zero-order valence-corrected chi connectivity index (χ0v) is 9.73. The highest BCUT2D eigenvalue weighted by molar-refractivity contribution is 7.89. The molecular formula is C8H13N3O4S. The van der Waals surface area contributed by atoms with Gasteiger partial charge in [-0.3, -0.25) is 4.79 Å². The van der Waals surface area contributed by atoms with Gasteiger partial charge in [0, 0.05) is 7.05 Å². The van der Waals surface area contributed by atoms with Gasteiger partial charge in [-0.1, -0.05) is 6.92 Å². The van der Waals surface area contributed by atoms with Crippen LogP contribution < -0.4 is 0 Å². The van der Waals surface area contributed by atoms with Gasteiger partial charge in [0.2, 0.25) is 0 Å². The molecule has 0 aliphatic heterocycles. The molecular weight excluding hydrogens is 234 g/mol. The largest absolute Gasteiger partial charge is 0.480 e. The number of carboxylic acid groups (broad SMARTS) is 1. The summed E-state index contributed by atoms with van der Waals surface area (Å²) in [4.78, 5) is 16.9. The van der Waals surface area contributed by atoms with Crippen LogP contribution in [-0.4, -0.2) is 46.9 Å². The van der Waals surface area contributed by atoms with Crippen LogP contribution in [0.1, 0.15) is 13.3 Å². The van der Waals surface area contributed by atoms with Crippen LogP contribution in [0.5, 0.6) is 0 Å². The van der Waals surface area contributed by atoms with Gasteiger partial charge >= 0.3 is 5.97 Å². The number of imidazole rings is 1. The number of rotatable bonds is 5. The predicted octanol–water partition coefficient (Wildman–Crippen LogP) is -0.107. The van der Waals surface area contributed by atoms with Crippen molar-refractivity contribution in [2.45, 2.75) is 24.4 Å². The first kappa shape index (κ1) is 12.7. The number of carboxylic acids is 1. The third-order valence-corrected chi connectivity index (χ3v) is 4.03. The highest BCUT2D eigenvalue weighted by Gasteiger charge is 2.32. The fraction of sp³-hybridized carbons (Fsp3) is 0.500. The topological polar surface area (TPSA) is 103 Å². The number of nitrogens with zero attached hydrogens (tertiary/aromatic N) is 2. The molecule has 1 heterocycles. The number of likely N-dealkylation sites (N-methyl/N-ethyl adjacent to an activating group) is 1. The van der Waals surface area contributed by atoms with Gasteiger partial charge in [-0.25, -0.2) is 13.4 Å². The Bertz CT molecular complexity index is 454. The number of aliphatic carboxylic acids is 1. The summed E-state index contributed by atoms with van der Waals surface area (Å²) in [6.07, 6.45) is 2.56. The summed E-state index contributed by atoms with van der Waals surface area (Å²) in [7, 11) is -2.58. The van der Waals surface area contributed by atoms with E-state index in [2.05, 4.69) is 9.97 Å². The second-order valence-corrected chi connectivity index (χ2v) is 5.17. The van der Waals surface area contributed by atoms with Crippen molar-refractivity contribution in [1.29, 1.82) is 0 Å². The van der Waals surface area contributed by atoms with Crippen molar-refractivity contribution < 1.29 is 18.3 Å². The van der Waals surface area contributed by atoms with Crippen molar-refractivity contribution in [1.82, 2.24) is 14.3 Å². The standard InChI is InChI=1S/C8H13N3O4S/c1-3-6(8(12)13)11(2)16(14,15)7-4-9-5-10-7/h4-6H,3H2,1-2H3,(H,9,10)(H,12,13). The summed E-state index contributed by atoms with van der Waals surface area (Å²) in [6, 6.07) is -1.08. The summed E-state index contributed by atoms with van der Waals surface area (Å²) in [6.45, 7) is 1.61. The summed E-state index contributed by atoms with van der Waals surface area (Å²) in [5.41, 5.74) is 0. The van der Waals surface area contributed by atoms with E-state index in [1.807, 2.05) is 0 Å². The smallest absolute Gasteiger partial charge is 0.321 e. The van der Waals surface area contributed by atoms with Gasteiger partial charge in [-0.15, -0.1) is 0 Å². The number of H-pyrrole nitrogens is 1. The van der Waals surface area contributed by atoms with Crippen molar-refractivity contribution >= 4 is 16.0 Å². The Morgan fingerprint density at radius 1 is 1.69 bits per heavy atom. The molecule has 0 aliphatic rings. The van der Waals surface area contributed by atoms with Gasteiger partial charge in [0.15, 0.2) is 5.03 Å². The van der Waals surface area contributed by atoms with Crippen LogP contribution in [0, 0.1) is 0 Å². The number of carbonyl (C=O) groups is 1. The third-order valence-electron chi connectivity index (χ3n) is 2.24. The van der Waals surface area contributed by atoms with E-state index in [9.17, 15) is 13.2 Å². The lowest BCUT2D eigenvalue weighted by molar-refractivity contribution is -0.141. The molecule has 7 nitrogen and oxygen atoms in total. The summed E-state index contributed by atoms with van der Waals surface area (Å²) in [5, 5.41) is 8.76. The maximum atomic E-state index is 11.9. The van der Waals surface area contributed by atoms with E-state index in [1.165, 1.54) is 13.4 Å². The Labute approximate surface area is 93.2 Å². The minimum Gasteiger partial charge on any atom is -0.480 e. The maximum absolute atomic E-state index is 11.9. The molecule has 0 saturated carbocycles. The molecule has 0 bridgehead atoms. The van der Waals surface area contributed by atoms with E-state index in [0.29, 0.717) is 0 Å². The van der Waals surface area contributed by atoms with Crippen LogP contribution in [0.3, 0.4) is 0 Å². The van der Waals surface area contributed by atoms with Crippen LogP contribution in [0.2, 0.25) is 0 Å². The quantitative estimate of drug-likeness (QED) is 0.755. The molecule has 1 atom stereocenters. The second-order valence-electron chi connectivity index (χ2n) is 3.20. The molecule has 0 aliphatic carbocycles. The molecule has 1 aromatic heterocycles. The van der Waals surface area contributed by atoms with E-state index in [4.69, 9.17) is 5.11 Å². The second kappa shape index (κ2) is 4.62. The Morgan fingerprint density at radius 3 is 2.69 bits per heavy atom. The van der Waals surface area contributed by atoms with Crippen LogP contribution in [0.4, 0.5) is 0 Å². The Hall–Kier alpha value is -1.41.